The molecule has 0 aliphatic heterocycles. The van der Waals surface area contributed by atoms with Gasteiger partial charge >= 0.3 is 5.97 Å². The van der Waals surface area contributed by atoms with E-state index in [1.165, 1.54) is 12.8 Å². The maximum Gasteiger partial charge on any atom is 0.349 e. The van der Waals surface area contributed by atoms with E-state index < -0.39 is 11.6 Å². The van der Waals surface area contributed by atoms with E-state index in [9.17, 15) is 10.1 Å². The minimum atomic E-state index is -0.548. The zero-order valence-electron chi connectivity index (χ0n) is 14.1. The van der Waals surface area contributed by atoms with Crippen molar-refractivity contribution in [3.05, 3.63) is 11.6 Å². The van der Waals surface area contributed by atoms with E-state index in [2.05, 4.69) is 13.0 Å². The Bertz CT molecular complexity index is 537. The van der Waals surface area contributed by atoms with Gasteiger partial charge in [0.15, 0.2) is 0 Å². The number of esters is 1. The van der Waals surface area contributed by atoms with Gasteiger partial charge in [0.25, 0.3) is 0 Å². The smallest absolute Gasteiger partial charge is 0.349 e. The largest absolute Gasteiger partial charge is 0.456 e. The number of hydrogen-bond donors (Lipinski definition) is 0. The van der Waals surface area contributed by atoms with Gasteiger partial charge in [-0.15, -0.1) is 0 Å². The molecule has 3 saturated carbocycles. The lowest BCUT2D eigenvalue weighted by molar-refractivity contribution is -0.149. The van der Waals surface area contributed by atoms with E-state index in [4.69, 9.17) is 4.74 Å². The molecular weight excluding hydrogens is 274 g/mol. The van der Waals surface area contributed by atoms with Crippen LogP contribution in [0.25, 0.3) is 0 Å². The van der Waals surface area contributed by atoms with Gasteiger partial charge in [-0.1, -0.05) is 13.0 Å². The zero-order valence-corrected chi connectivity index (χ0v) is 14.1. The Balaban J connectivity index is 1.68. The maximum atomic E-state index is 12.1. The molecule has 3 nitrogen and oxygen atoms in total. The summed E-state index contributed by atoms with van der Waals surface area (Å²) >= 11 is 0. The number of carbonyl (C=O) groups is 1. The first-order valence-corrected chi connectivity index (χ1v) is 8.63. The lowest BCUT2D eigenvalue weighted by Crippen LogP contribution is -2.24. The van der Waals surface area contributed by atoms with Crippen LogP contribution >= 0.6 is 0 Å². The first kappa shape index (κ1) is 15.6. The molecule has 0 saturated heterocycles. The van der Waals surface area contributed by atoms with Crippen LogP contribution in [-0.4, -0.2) is 11.6 Å². The Morgan fingerprint density at radius 3 is 2.45 bits per heavy atom. The Morgan fingerprint density at radius 2 is 1.82 bits per heavy atom. The fraction of sp³-hybridized carbons (Fsp3) is 0.789. The predicted molar refractivity (Wildman–Crippen MR) is 84.6 cm³/mol. The highest BCUT2D eigenvalue weighted by atomic mass is 16.6. The van der Waals surface area contributed by atoms with Gasteiger partial charge < -0.3 is 4.74 Å². The number of nitrogens with zero attached hydrogens (tertiary/aromatic N) is 1. The average molecular weight is 301 g/mol. The van der Waals surface area contributed by atoms with E-state index in [1.807, 2.05) is 26.8 Å². The molecule has 0 spiro atoms. The van der Waals surface area contributed by atoms with Gasteiger partial charge in [0.1, 0.15) is 17.2 Å². The quantitative estimate of drug-likeness (QED) is 0.438. The minimum absolute atomic E-state index is 0.195. The first-order chi connectivity index (χ1) is 10.3. The van der Waals surface area contributed by atoms with Crippen molar-refractivity contribution in [1.82, 2.24) is 0 Å². The molecule has 0 aromatic carbocycles. The molecule has 3 aliphatic rings. The third kappa shape index (κ3) is 2.81. The van der Waals surface area contributed by atoms with Crippen molar-refractivity contribution in [1.29, 1.82) is 5.26 Å². The second-order valence-corrected chi connectivity index (χ2v) is 8.63. The van der Waals surface area contributed by atoms with E-state index in [-0.39, 0.29) is 5.57 Å². The fourth-order valence-corrected chi connectivity index (χ4v) is 5.31. The lowest BCUT2D eigenvalue weighted by Gasteiger charge is -2.28. The van der Waals surface area contributed by atoms with Crippen molar-refractivity contribution in [2.24, 2.45) is 35.5 Å². The molecule has 0 aromatic rings. The number of fused-ring (bicyclic) bond motifs is 5. The number of allylic oxidation sites excluding steroid dienone is 1. The highest BCUT2D eigenvalue weighted by Gasteiger charge is 2.54. The fourth-order valence-electron chi connectivity index (χ4n) is 5.31. The lowest BCUT2D eigenvalue weighted by atomic mass is 9.77. The molecule has 0 aromatic heterocycles. The van der Waals surface area contributed by atoms with Gasteiger partial charge in [-0.2, -0.15) is 5.26 Å². The van der Waals surface area contributed by atoms with E-state index in [0.717, 1.165) is 42.4 Å². The molecule has 6 unspecified atom stereocenters. The van der Waals surface area contributed by atoms with Gasteiger partial charge in [0.05, 0.1) is 0 Å². The molecule has 2 bridgehead atoms. The average Bonchev–Trinajstić information content (AvgIpc) is 3.03. The van der Waals surface area contributed by atoms with Crippen LogP contribution < -0.4 is 0 Å². The molecule has 22 heavy (non-hydrogen) atoms. The van der Waals surface area contributed by atoms with Crippen LogP contribution in [0.2, 0.25) is 0 Å². The second-order valence-electron chi connectivity index (χ2n) is 8.63. The minimum Gasteiger partial charge on any atom is -0.456 e. The number of carbonyl (C=O) groups excluding carboxylic acids is 1. The Hall–Kier alpha value is -1.30. The molecule has 3 aliphatic carbocycles. The van der Waals surface area contributed by atoms with E-state index >= 15 is 0 Å². The number of hydrogen-bond acceptors (Lipinski definition) is 3. The SMILES string of the molecule is CC1CC2CC1C1CC(/C=C(\C#N)C(=O)OC(C)(C)C)CC21. The van der Waals surface area contributed by atoms with Crippen molar-refractivity contribution in [3.63, 3.8) is 0 Å². The van der Waals surface area contributed by atoms with Crippen LogP contribution in [0, 0.1) is 46.8 Å². The molecule has 0 amide bonds. The van der Waals surface area contributed by atoms with Gasteiger partial charge in [0, 0.05) is 0 Å². The third-order valence-corrected chi connectivity index (χ3v) is 5.98. The Labute approximate surface area is 133 Å². The molecular formula is C19H27NO2. The summed E-state index contributed by atoms with van der Waals surface area (Å²) in [6, 6.07) is 2.05. The first-order valence-electron chi connectivity index (χ1n) is 8.63. The summed E-state index contributed by atoms with van der Waals surface area (Å²) in [5, 5.41) is 9.30. The van der Waals surface area contributed by atoms with Gasteiger partial charge in [-0.05, 0) is 82.0 Å². The summed E-state index contributed by atoms with van der Waals surface area (Å²) in [4.78, 5) is 12.1. The molecule has 0 radical (unpaired) electrons. The Kier molecular flexibility index (Phi) is 3.83. The normalized spacial score (nSPS) is 40.4. The zero-order chi connectivity index (χ0) is 16.1. The molecule has 3 fully saturated rings. The van der Waals surface area contributed by atoms with E-state index in [1.54, 1.807) is 0 Å². The summed E-state index contributed by atoms with van der Waals surface area (Å²) < 4.78 is 5.34. The van der Waals surface area contributed by atoms with Gasteiger partial charge in [-0.25, -0.2) is 4.79 Å². The van der Waals surface area contributed by atoms with Crippen LogP contribution in [0.3, 0.4) is 0 Å². The van der Waals surface area contributed by atoms with Crippen molar-refractivity contribution >= 4 is 5.97 Å². The van der Waals surface area contributed by atoms with Crippen LogP contribution in [0.4, 0.5) is 0 Å². The highest BCUT2D eigenvalue weighted by Crippen LogP contribution is 2.62. The monoisotopic (exact) mass is 301 g/mol. The molecule has 3 rings (SSSR count). The van der Waals surface area contributed by atoms with Crippen LogP contribution in [0.1, 0.15) is 53.4 Å². The molecule has 6 atom stereocenters. The predicted octanol–water partition coefficient (Wildman–Crippen LogP) is 4.10. The molecule has 0 heterocycles. The summed E-state index contributed by atoms with van der Waals surface area (Å²) in [5.41, 5.74) is -0.353. The number of nitriles is 1. The molecule has 120 valence electrons. The van der Waals surface area contributed by atoms with Crippen LogP contribution in [0.5, 0.6) is 0 Å². The topological polar surface area (TPSA) is 50.1 Å². The van der Waals surface area contributed by atoms with Crippen LogP contribution in [-0.2, 0) is 9.53 Å². The van der Waals surface area contributed by atoms with Crippen molar-refractivity contribution in [2.45, 2.75) is 59.0 Å². The standard InChI is InChI=1S/C19H27NO2/c1-11-5-13-9-15(11)17-8-12(7-16(13)17)6-14(10-20)18(21)22-19(2,3)4/h6,11-13,15-17H,5,7-9H2,1-4H3/b14-6+. The summed E-state index contributed by atoms with van der Waals surface area (Å²) in [6.45, 7) is 7.89. The number of ether oxygens (including phenoxy) is 1. The summed E-state index contributed by atoms with van der Waals surface area (Å²) in [6.07, 6.45) is 7.02. The van der Waals surface area contributed by atoms with Gasteiger partial charge in [-0.3, -0.25) is 0 Å². The van der Waals surface area contributed by atoms with Gasteiger partial charge in [0.2, 0.25) is 0 Å². The van der Waals surface area contributed by atoms with E-state index in [0.29, 0.717) is 5.92 Å². The second kappa shape index (κ2) is 5.41. The third-order valence-electron chi connectivity index (χ3n) is 5.98. The highest BCUT2D eigenvalue weighted by molar-refractivity contribution is 5.93. The van der Waals surface area contributed by atoms with Crippen molar-refractivity contribution < 1.29 is 9.53 Å². The molecule has 0 N–H and O–H groups in total. The summed E-state index contributed by atoms with van der Waals surface area (Å²) in [7, 11) is 0. The maximum absolute atomic E-state index is 12.1. The summed E-state index contributed by atoms with van der Waals surface area (Å²) in [5.74, 6) is 4.23. The molecule has 3 heteroatoms. The Morgan fingerprint density at radius 1 is 1.14 bits per heavy atom. The van der Waals surface area contributed by atoms with Crippen molar-refractivity contribution in [3.8, 4) is 6.07 Å². The van der Waals surface area contributed by atoms with Crippen molar-refractivity contribution in [2.75, 3.05) is 0 Å². The number of rotatable bonds is 2. The van der Waals surface area contributed by atoms with Crippen LogP contribution in [0.15, 0.2) is 11.6 Å².